The Balaban J connectivity index is 1.62. The summed E-state index contributed by atoms with van der Waals surface area (Å²) in [5.74, 6) is -2.03. The van der Waals surface area contributed by atoms with Gasteiger partial charge in [-0.1, -0.05) is 18.5 Å². The Morgan fingerprint density at radius 3 is 2.58 bits per heavy atom. The first-order chi connectivity index (χ1) is 14.9. The summed E-state index contributed by atoms with van der Waals surface area (Å²) in [5.41, 5.74) is 0.0804. The highest BCUT2D eigenvalue weighted by molar-refractivity contribution is 6.30. The Hall–Kier alpha value is -3.14. The molecule has 0 radical (unpaired) electrons. The largest absolute Gasteiger partial charge is 0.352 e. The molecule has 0 saturated carbocycles. The lowest BCUT2D eigenvalue weighted by Crippen LogP contribution is -2.51. The highest BCUT2D eigenvalue weighted by Gasteiger charge is 2.34. The number of hydrogen-bond donors (Lipinski definition) is 1. The molecule has 4 rings (SSSR count). The Kier molecular flexibility index (Phi) is 6.08. The molecule has 1 aliphatic heterocycles. The summed E-state index contributed by atoms with van der Waals surface area (Å²) in [6.45, 7) is 2.94. The number of carbonyl (C=O) groups is 1. The van der Waals surface area contributed by atoms with Gasteiger partial charge in [0.1, 0.15) is 5.69 Å². The minimum atomic E-state index is -1.10. The van der Waals surface area contributed by atoms with E-state index in [-0.39, 0.29) is 23.2 Å². The molecular formula is C20H20ClF2N7O. The smallest absolute Gasteiger partial charge is 0.256 e. The number of nitrogens with zero attached hydrogens (tertiary/aromatic N) is 6. The van der Waals surface area contributed by atoms with E-state index >= 15 is 0 Å². The number of halogens is 3. The Morgan fingerprint density at radius 2 is 1.87 bits per heavy atom. The maximum absolute atomic E-state index is 14.1. The summed E-state index contributed by atoms with van der Waals surface area (Å²) in [4.78, 5) is 24.5. The van der Waals surface area contributed by atoms with Crippen molar-refractivity contribution in [2.24, 2.45) is 5.92 Å². The number of amides is 1. The van der Waals surface area contributed by atoms with Gasteiger partial charge >= 0.3 is 0 Å². The number of piperidine rings is 1. The molecule has 3 aromatic rings. The lowest BCUT2D eigenvalue weighted by Gasteiger charge is -2.40. The Bertz CT molecular complexity index is 1060. The minimum Gasteiger partial charge on any atom is -0.352 e. The summed E-state index contributed by atoms with van der Waals surface area (Å²) in [6.07, 6.45) is 7.50. The van der Waals surface area contributed by atoms with Crippen molar-refractivity contribution < 1.29 is 13.6 Å². The first-order valence-corrected chi connectivity index (χ1v) is 10.2. The van der Waals surface area contributed by atoms with E-state index in [4.69, 9.17) is 11.6 Å². The van der Waals surface area contributed by atoms with Crippen LogP contribution in [0.15, 0.2) is 36.9 Å². The summed E-state index contributed by atoms with van der Waals surface area (Å²) in [7, 11) is 0. The SMILES string of the molecule is C[C@@H]1CCCN(C(=O)c2cc(F)c(F)cc2-n2nccn2)C1CNc1ncc(Cl)cn1. The van der Waals surface area contributed by atoms with Crippen molar-refractivity contribution in [1.29, 1.82) is 0 Å². The van der Waals surface area contributed by atoms with Crippen LogP contribution in [0, 0.1) is 17.6 Å². The highest BCUT2D eigenvalue weighted by atomic mass is 35.5. The molecule has 1 N–H and O–H groups in total. The predicted octanol–water partition coefficient (Wildman–Crippen LogP) is 3.34. The number of hydrogen-bond acceptors (Lipinski definition) is 6. The predicted molar refractivity (Wildman–Crippen MR) is 110 cm³/mol. The fraction of sp³-hybridized carbons (Fsp3) is 0.350. The van der Waals surface area contributed by atoms with E-state index in [9.17, 15) is 13.6 Å². The molecule has 1 unspecified atom stereocenters. The van der Waals surface area contributed by atoms with E-state index in [1.165, 1.54) is 24.8 Å². The van der Waals surface area contributed by atoms with Gasteiger partial charge in [-0.25, -0.2) is 18.7 Å². The molecule has 1 saturated heterocycles. The summed E-state index contributed by atoms with van der Waals surface area (Å²) >= 11 is 5.82. The zero-order chi connectivity index (χ0) is 22.0. The summed E-state index contributed by atoms with van der Waals surface area (Å²) in [6, 6.07) is 1.64. The lowest BCUT2D eigenvalue weighted by atomic mass is 9.90. The third kappa shape index (κ3) is 4.48. The van der Waals surface area contributed by atoms with E-state index in [0.717, 1.165) is 29.8 Å². The molecule has 1 amide bonds. The van der Waals surface area contributed by atoms with Crippen LogP contribution in [-0.2, 0) is 0 Å². The van der Waals surface area contributed by atoms with Gasteiger partial charge < -0.3 is 10.2 Å². The molecule has 11 heteroatoms. The van der Waals surface area contributed by atoms with Gasteiger partial charge in [0, 0.05) is 19.2 Å². The van der Waals surface area contributed by atoms with Crippen LogP contribution in [0.25, 0.3) is 5.69 Å². The fourth-order valence-electron chi connectivity index (χ4n) is 3.78. The van der Waals surface area contributed by atoms with E-state index in [1.54, 1.807) is 4.90 Å². The van der Waals surface area contributed by atoms with Gasteiger partial charge in [-0.2, -0.15) is 15.0 Å². The molecule has 0 spiro atoms. The molecule has 3 heterocycles. The normalized spacial score (nSPS) is 18.8. The summed E-state index contributed by atoms with van der Waals surface area (Å²) < 4.78 is 28.0. The van der Waals surface area contributed by atoms with Gasteiger partial charge in [0.25, 0.3) is 5.91 Å². The first kappa shape index (κ1) is 21.1. The Morgan fingerprint density at radius 1 is 1.19 bits per heavy atom. The summed E-state index contributed by atoms with van der Waals surface area (Å²) in [5, 5.41) is 11.5. The average molecular weight is 448 g/mol. The molecule has 1 aromatic carbocycles. The number of nitrogens with one attached hydrogen (secondary N) is 1. The van der Waals surface area contributed by atoms with Crippen molar-refractivity contribution >= 4 is 23.5 Å². The molecule has 8 nitrogen and oxygen atoms in total. The lowest BCUT2D eigenvalue weighted by molar-refractivity contribution is 0.0539. The maximum atomic E-state index is 14.1. The zero-order valence-corrected chi connectivity index (χ0v) is 17.4. The maximum Gasteiger partial charge on any atom is 0.256 e. The van der Waals surface area contributed by atoms with Crippen LogP contribution < -0.4 is 5.32 Å². The van der Waals surface area contributed by atoms with Crippen LogP contribution in [0.1, 0.15) is 30.1 Å². The van der Waals surface area contributed by atoms with Gasteiger partial charge in [0.05, 0.1) is 41.4 Å². The third-order valence-electron chi connectivity index (χ3n) is 5.37. The van der Waals surface area contributed by atoms with Crippen LogP contribution in [0.2, 0.25) is 5.02 Å². The van der Waals surface area contributed by atoms with Crippen molar-refractivity contribution in [3.8, 4) is 5.69 Å². The van der Waals surface area contributed by atoms with Crippen molar-refractivity contribution in [3.05, 3.63) is 59.1 Å². The van der Waals surface area contributed by atoms with Crippen LogP contribution in [0.5, 0.6) is 0 Å². The number of likely N-dealkylation sites (tertiary alicyclic amines) is 1. The number of anilines is 1. The van der Waals surface area contributed by atoms with E-state index in [0.29, 0.717) is 24.1 Å². The van der Waals surface area contributed by atoms with Gasteiger partial charge in [-0.15, -0.1) is 0 Å². The number of carbonyl (C=O) groups excluding carboxylic acids is 1. The minimum absolute atomic E-state index is 0.00283. The average Bonchev–Trinajstić information content (AvgIpc) is 3.30. The molecule has 2 aromatic heterocycles. The second-order valence-corrected chi connectivity index (χ2v) is 7.83. The van der Waals surface area contributed by atoms with Crippen LogP contribution >= 0.6 is 11.6 Å². The van der Waals surface area contributed by atoms with Gasteiger partial charge in [-0.05, 0) is 24.8 Å². The Labute approximate surface area is 182 Å². The van der Waals surface area contributed by atoms with Gasteiger partial charge in [0.2, 0.25) is 5.95 Å². The van der Waals surface area contributed by atoms with Crippen molar-refractivity contribution in [3.63, 3.8) is 0 Å². The molecule has 2 atom stereocenters. The van der Waals surface area contributed by atoms with Gasteiger partial charge in [-0.3, -0.25) is 4.79 Å². The molecule has 31 heavy (non-hydrogen) atoms. The van der Waals surface area contributed by atoms with Gasteiger partial charge in [0.15, 0.2) is 11.6 Å². The monoisotopic (exact) mass is 447 g/mol. The van der Waals surface area contributed by atoms with E-state index in [2.05, 4.69) is 32.4 Å². The number of aromatic nitrogens is 5. The number of rotatable bonds is 5. The quantitative estimate of drug-likeness (QED) is 0.645. The van der Waals surface area contributed by atoms with E-state index in [1.807, 2.05) is 0 Å². The van der Waals surface area contributed by atoms with Crippen molar-refractivity contribution in [2.75, 3.05) is 18.4 Å². The van der Waals surface area contributed by atoms with Crippen molar-refractivity contribution in [1.82, 2.24) is 29.9 Å². The molecular weight excluding hydrogens is 428 g/mol. The van der Waals surface area contributed by atoms with Crippen molar-refractivity contribution in [2.45, 2.75) is 25.8 Å². The molecule has 0 bridgehead atoms. The first-order valence-electron chi connectivity index (χ1n) is 9.82. The van der Waals surface area contributed by atoms with E-state index < -0.39 is 17.5 Å². The molecule has 0 aliphatic carbocycles. The standard InChI is InChI=1S/C20H20ClF2N7O/c1-12-3-2-6-29(18(12)11-26-20-24-9-13(21)10-25-20)19(31)14-7-15(22)16(23)8-17(14)30-27-4-5-28-30/h4-5,7-10,12,18H,2-3,6,11H2,1H3,(H,24,25,26)/t12-,18?/m1/s1. The fourth-order valence-corrected chi connectivity index (χ4v) is 3.88. The highest BCUT2D eigenvalue weighted by Crippen LogP contribution is 2.28. The molecule has 1 fully saturated rings. The van der Waals surface area contributed by atoms with Crippen LogP contribution in [-0.4, -0.2) is 54.9 Å². The number of benzene rings is 1. The zero-order valence-electron chi connectivity index (χ0n) is 16.7. The van der Waals surface area contributed by atoms with Crippen LogP contribution in [0.4, 0.5) is 14.7 Å². The second-order valence-electron chi connectivity index (χ2n) is 7.39. The topological polar surface area (TPSA) is 88.8 Å². The molecule has 1 aliphatic rings. The second kappa shape index (κ2) is 8.93. The third-order valence-corrected chi connectivity index (χ3v) is 5.56. The molecule has 162 valence electrons. The van der Waals surface area contributed by atoms with Crippen LogP contribution in [0.3, 0.4) is 0 Å².